The zero-order valence-corrected chi connectivity index (χ0v) is 13.7. The third-order valence-corrected chi connectivity index (χ3v) is 4.24. The van der Waals surface area contributed by atoms with Gasteiger partial charge in [0.15, 0.2) is 0 Å². The van der Waals surface area contributed by atoms with E-state index in [1.165, 1.54) is 11.8 Å². The van der Waals surface area contributed by atoms with Crippen LogP contribution in [0.4, 0.5) is 5.69 Å². The molecule has 0 radical (unpaired) electrons. The number of amides is 2. The Morgan fingerprint density at radius 1 is 1.38 bits per heavy atom. The molecule has 2 amide bonds. The van der Waals surface area contributed by atoms with Crippen LogP contribution in [0.25, 0.3) is 0 Å². The van der Waals surface area contributed by atoms with E-state index in [4.69, 9.17) is 5.73 Å². The predicted octanol–water partition coefficient (Wildman–Crippen LogP) is 2.62. The molecule has 2 aromatic rings. The molecule has 0 aliphatic carbocycles. The number of carbonyl (C=O) groups is 2. The first-order valence-electron chi connectivity index (χ1n) is 6.10. The number of benzene rings is 1. The van der Waals surface area contributed by atoms with Gasteiger partial charge in [0.1, 0.15) is 5.69 Å². The van der Waals surface area contributed by atoms with Crippen molar-refractivity contribution in [2.45, 2.75) is 4.90 Å². The predicted molar refractivity (Wildman–Crippen MR) is 87.4 cm³/mol. The average Bonchev–Trinajstić information content (AvgIpc) is 2.76. The molecule has 0 aliphatic heterocycles. The molecule has 7 heteroatoms. The van der Waals surface area contributed by atoms with Crippen LogP contribution in [0.1, 0.15) is 10.5 Å². The molecule has 1 heterocycles. The first-order valence-corrected chi connectivity index (χ1v) is 7.88. The Kier molecular flexibility index (Phi) is 5.08. The van der Waals surface area contributed by atoms with Crippen LogP contribution in [0.5, 0.6) is 0 Å². The molecule has 5 nitrogen and oxygen atoms in total. The van der Waals surface area contributed by atoms with E-state index < -0.39 is 5.91 Å². The minimum atomic E-state index is -0.396. The number of anilines is 1. The van der Waals surface area contributed by atoms with Gasteiger partial charge in [0.25, 0.3) is 5.91 Å². The highest BCUT2D eigenvalue weighted by Crippen LogP contribution is 2.27. The SMILES string of the molecule is Cn1cc(Br)cc1C(=O)Nc1ccccc1SCC(N)=O. The fourth-order valence-corrected chi connectivity index (χ4v) is 3.05. The molecule has 0 bridgehead atoms. The minimum Gasteiger partial charge on any atom is -0.369 e. The first kappa shape index (κ1) is 15.7. The molecule has 21 heavy (non-hydrogen) atoms. The number of rotatable bonds is 5. The summed E-state index contributed by atoms with van der Waals surface area (Å²) in [4.78, 5) is 24.0. The average molecular weight is 368 g/mol. The molecule has 0 saturated heterocycles. The molecular formula is C14H14BrN3O2S. The summed E-state index contributed by atoms with van der Waals surface area (Å²) in [5, 5.41) is 2.85. The van der Waals surface area contributed by atoms with Crippen molar-refractivity contribution in [2.24, 2.45) is 12.8 Å². The molecule has 1 aromatic carbocycles. The van der Waals surface area contributed by atoms with Crippen molar-refractivity contribution in [3.63, 3.8) is 0 Å². The van der Waals surface area contributed by atoms with Gasteiger partial charge in [-0.25, -0.2) is 0 Å². The zero-order valence-electron chi connectivity index (χ0n) is 11.3. The van der Waals surface area contributed by atoms with Gasteiger partial charge in [-0.05, 0) is 34.1 Å². The van der Waals surface area contributed by atoms with Crippen LogP contribution < -0.4 is 11.1 Å². The number of nitrogens with one attached hydrogen (secondary N) is 1. The third-order valence-electron chi connectivity index (χ3n) is 2.71. The van der Waals surface area contributed by atoms with E-state index in [2.05, 4.69) is 21.2 Å². The Morgan fingerprint density at radius 2 is 2.10 bits per heavy atom. The molecule has 0 saturated carbocycles. The number of nitrogens with two attached hydrogens (primary N) is 1. The fourth-order valence-electron chi connectivity index (χ4n) is 1.78. The minimum absolute atomic E-state index is 0.169. The maximum absolute atomic E-state index is 12.3. The first-order chi connectivity index (χ1) is 9.97. The van der Waals surface area contributed by atoms with E-state index in [9.17, 15) is 9.59 Å². The van der Waals surface area contributed by atoms with Crippen LogP contribution in [0, 0.1) is 0 Å². The van der Waals surface area contributed by atoms with Crippen LogP contribution in [-0.2, 0) is 11.8 Å². The fraction of sp³-hybridized carbons (Fsp3) is 0.143. The van der Waals surface area contributed by atoms with Crippen LogP contribution >= 0.6 is 27.7 Å². The Labute approximate surface area is 135 Å². The number of nitrogens with zero attached hydrogens (tertiary/aromatic N) is 1. The van der Waals surface area contributed by atoms with Crippen molar-refractivity contribution < 1.29 is 9.59 Å². The quantitative estimate of drug-likeness (QED) is 0.797. The van der Waals surface area contributed by atoms with Gasteiger partial charge >= 0.3 is 0 Å². The molecule has 2 rings (SSSR count). The molecule has 0 aliphatic rings. The maximum Gasteiger partial charge on any atom is 0.272 e. The highest BCUT2D eigenvalue weighted by atomic mass is 79.9. The number of primary amides is 1. The van der Waals surface area contributed by atoms with Crippen molar-refractivity contribution >= 4 is 45.2 Å². The summed E-state index contributed by atoms with van der Waals surface area (Å²) in [5.41, 5.74) is 6.35. The van der Waals surface area contributed by atoms with Crippen LogP contribution in [0.2, 0.25) is 0 Å². The van der Waals surface area contributed by atoms with Gasteiger partial charge in [-0.2, -0.15) is 0 Å². The van der Waals surface area contributed by atoms with E-state index in [1.54, 1.807) is 23.7 Å². The molecule has 3 N–H and O–H groups in total. The Bertz CT molecular complexity index is 685. The lowest BCUT2D eigenvalue weighted by molar-refractivity contribution is -0.115. The Morgan fingerprint density at radius 3 is 2.71 bits per heavy atom. The second-order valence-electron chi connectivity index (χ2n) is 4.36. The number of carbonyl (C=O) groups excluding carboxylic acids is 2. The monoisotopic (exact) mass is 367 g/mol. The third kappa shape index (κ3) is 4.12. The second-order valence-corrected chi connectivity index (χ2v) is 6.29. The van der Waals surface area contributed by atoms with Gasteiger partial charge in [-0.3, -0.25) is 9.59 Å². The number of thioether (sulfide) groups is 1. The van der Waals surface area contributed by atoms with Gasteiger partial charge in [0.2, 0.25) is 5.91 Å². The molecule has 0 atom stereocenters. The molecule has 0 spiro atoms. The van der Waals surface area contributed by atoms with E-state index in [0.29, 0.717) is 11.4 Å². The Hall–Kier alpha value is -1.73. The van der Waals surface area contributed by atoms with Gasteiger partial charge in [-0.1, -0.05) is 12.1 Å². The smallest absolute Gasteiger partial charge is 0.272 e. The number of para-hydroxylation sites is 1. The summed E-state index contributed by atoms with van der Waals surface area (Å²) in [7, 11) is 1.80. The van der Waals surface area contributed by atoms with E-state index in [-0.39, 0.29) is 11.7 Å². The van der Waals surface area contributed by atoms with E-state index >= 15 is 0 Å². The summed E-state index contributed by atoms with van der Waals surface area (Å²) >= 11 is 4.63. The maximum atomic E-state index is 12.3. The highest BCUT2D eigenvalue weighted by Gasteiger charge is 2.13. The summed E-state index contributed by atoms with van der Waals surface area (Å²) in [6, 6.07) is 9.04. The molecule has 1 aromatic heterocycles. The van der Waals surface area contributed by atoms with Gasteiger partial charge in [-0.15, -0.1) is 11.8 Å². The van der Waals surface area contributed by atoms with Crippen molar-refractivity contribution in [3.8, 4) is 0 Å². The molecule has 0 fully saturated rings. The lowest BCUT2D eigenvalue weighted by Crippen LogP contribution is -2.16. The molecule has 0 unspecified atom stereocenters. The number of aromatic nitrogens is 1. The van der Waals surface area contributed by atoms with Crippen LogP contribution in [-0.4, -0.2) is 22.1 Å². The van der Waals surface area contributed by atoms with Gasteiger partial charge in [0.05, 0.1) is 11.4 Å². The lowest BCUT2D eigenvalue weighted by Gasteiger charge is -2.10. The summed E-state index contributed by atoms with van der Waals surface area (Å²) < 4.78 is 2.57. The molecule has 110 valence electrons. The van der Waals surface area contributed by atoms with Crippen molar-refractivity contribution in [2.75, 3.05) is 11.1 Å². The lowest BCUT2D eigenvalue weighted by atomic mass is 10.3. The standard InChI is InChI=1S/C14H14BrN3O2S/c1-18-7-9(15)6-11(18)14(20)17-10-4-2-3-5-12(10)21-8-13(16)19/h2-7H,8H2,1H3,(H2,16,19)(H,17,20). The number of hydrogen-bond acceptors (Lipinski definition) is 3. The Balaban J connectivity index is 2.17. The largest absolute Gasteiger partial charge is 0.369 e. The zero-order chi connectivity index (χ0) is 15.4. The van der Waals surface area contributed by atoms with Gasteiger partial charge < -0.3 is 15.6 Å². The highest BCUT2D eigenvalue weighted by molar-refractivity contribution is 9.10. The van der Waals surface area contributed by atoms with Crippen molar-refractivity contribution in [3.05, 3.63) is 46.7 Å². The number of hydrogen-bond donors (Lipinski definition) is 2. The normalized spacial score (nSPS) is 10.4. The number of aryl methyl sites for hydroxylation is 1. The van der Waals surface area contributed by atoms with Crippen LogP contribution in [0.15, 0.2) is 45.9 Å². The summed E-state index contributed by atoms with van der Waals surface area (Å²) in [6.07, 6.45) is 1.81. The van der Waals surface area contributed by atoms with Crippen molar-refractivity contribution in [1.29, 1.82) is 0 Å². The van der Waals surface area contributed by atoms with E-state index in [1.807, 2.05) is 24.4 Å². The van der Waals surface area contributed by atoms with Gasteiger partial charge in [0, 0.05) is 22.6 Å². The van der Waals surface area contributed by atoms with Crippen LogP contribution in [0.3, 0.4) is 0 Å². The van der Waals surface area contributed by atoms with Crippen molar-refractivity contribution in [1.82, 2.24) is 4.57 Å². The van der Waals surface area contributed by atoms with E-state index in [0.717, 1.165) is 9.37 Å². The topological polar surface area (TPSA) is 77.1 Å². The number of halogens is 1. The summed E-state index contributed by atoms with van der Waals surface area (Å²) in [6.45, 7) is 0. The molecular weight excluding hydrogens is 354 g/mol. The second kappa shape index (κ2) is 6.82. The summed E-state index contributed by atoms with van der Waals surface area (Å²) in [5.74, 6) is -0.439.